The summed E-state index contributed by atoms with van der Waals surface area (Å²) in [6, 6.07) is 75.4. The zero-order chi connectivity index (χ0) is 80.3. The molecule has 9 nitrogen and oxygen atoms in total. The number of nitrogens with zero attached hydrogens (tertiary/aromatic N) is 9. The van der Waals surface area contributed by atoms with Crippen LogP contribution in [0.5, 0.6) is 0 Å². The van der Waals surface area contributed by atoms with Crippen LogP contribution in [0.1, 0.15) is 188 Å². The fourth-order valence-corrected chi connectivity index (χ4v) is 12.7. The molecule has 0 atom stereocenters. The lowest BCUT2D eigenvalue weighted by atomic mass is 10.0. The molecule has 0 bridgehead atoms. The first-order chi connectivity index (χ1) is 52.0. The minimum Gasteiger partial charge on any atom is -0.237 e. The van der Waals surface area contributed by atoms with E-state index in [1.807, 2.05) is 166 Å². The monoisotopic (exact) mass is 1430 g/mol. The standard InChI is InChI=1S/2C19H17N2.C18H18N3.C17H15N2.12C2H6/c1-14-8-3-5-11-17(14)21-18-12-6-4-9-15(18)16-10-7-13-20(2)19(16)21;1-14-8-7-10-16-15-9-3-4-11-17(15)21(19(14)16)18-12-5-6-13-20(18)2;1-13-7-6-9-15-14-8-4-5-10-16(14)21(17(13)15)18-19(2)11-12-20(18)3;1-12-6-5-9-15-13-7-3-4-8-14(13)16-10-11-18(2)19(16)17(12)15;12*1-2/h2*3-13H,1-2H3;4-12H,1-3H3;3-11H,1-2H3;12*1-2H3/q4*+1;;;;;;;;;;;;. The van der Waals surface area contributed by atoms with Crippen LogP contribution in [0.25, 0.3) is 110 Å². The summed E-state index contributed by atoms with van der Waals surface area (Å²) in [5.41, 5.74) is 16.5. The highest BCUT2D eigenvalue weighted by molar-refractivity contribution is 6.13. The molecule has 8 heterocycles. The van der Waals surface area contributed by atoms with E-state index in [0.29, 0.717) is 0 Å². The molecule has 0 fully saturated rings. The Balaban J connectivity index is 0.000000644. The Kier molecular flexibility index (Phi) is 44.6. The number of hydrogen-bond acceptors (Lipinski definition) is 0. The number of pyridine rings is 3. The molecule has 0 aliphatic heterocycles. The molecule has 0 aliphatic carbocycles. The maximum Gasteiger partial charge on any atom is 0.369 e. The lowest BCUT2D eigenvalue weighted by molar-refractivity contribution is -0.735. The molecule has 8 aromatic carbocycles. The quantitative estimate of drug-likeness (QED) is 0.125. The first-order valence-electron chi connectivity index (χ1n) is 40.1. The summed E-state index contributed by atoms with van der Waals surface area (Å²) < 4.78 is 20.2. The number of imidazole rings is 1. The van der Waals surface area contributed by atoms with Crippen LogP contribution in [0.3, 0.4) is 0 Å². The smallest absolute Gasteiger partial charge is 0.237 e. The highest BCUT2D eigenvalue weighted by Crippen LogP contribution is 2.36. The number of hydrogen-bond donors (Lipinski definition) is 0. The summed E-state index contributed by atoms with van der Waals surface area (Å²) in [7, 11) is 10.5. The third-order valence-electron chi connectivity index (χ3n) is 16.5. The van der Waals surface area contributed by atoms with Crippen molar-refractivity contribution >= 4 is 92.7 Å². The fourth-order valence-electron chi connectivity index (χ4n) is 12.7. The van der Waals surface area contributed by atoms with Gasteiger partial charge < -0.3 is 0 Å². The summed E-state index contributed by atoms with van der Waals surface area (Å²) in [6.07, 6.45) is 10.5. The van der Waals surface area contributed by atoms with E-state index in [-0.39, 0.29) is 0 Å². The SMILES string of the molecule is CC.CC.CC.CC.CC.CC.CC.CC.CC.CC.CC.CC.Cc1cccc2c3ccccc3c3cc[n+](C)n3c12.Cc1cccc2c3ccccc3n(-c3cccc[n+]3C)c12.Cc1cccc2c3ccccc3n(-c3n(C)cc[n+]3C)c12.Cc1ccccc1-n1c2ccccc2c2ccc[n+](C)c21. The van der Waals surface area contributed by atoms with Crippen molar-refractivity contribution in [2.45, 2.75) is 194 Å². The number of para-hydroxylation sites is 7. The molecule has 0 radical (unpaired) electrons. The molecule has 16 rings (SSSR count). The summed E-state index contributed by atoms with van der Waals surface area (Å²) in [6.45, 7) is 56.7. The van der Waals surface area contributed by atoms with Crippen molar-refractivity contribution in [1.29, 1.82) is 0 Å². The van der Waals surface area contributed by atoms with Crippen molar-refractivity contribution in [1.82, 2.24) is 22.8 Å². The van der Waals surface area contributed by atoms with Gasteiger partial charge in [-0.25, -0.2) is 18.3 Å². The molecule has 16 aromatic rings. The second kappa shape index (κ2) is 50.3. The number of fused-ring (bicyclic) bond motifs is 15. The van der Waals surface area contributed by atoms with Crippen molar-refractivity contribution in [3.63, 3.8) is 0 Å². The van der Waals surface area contributed by atoms with Crippen LogP contribution >= 0.6 is 0 Å². The Morgan fingerprint density at radius 2 is 0.594 bits per heavy atom. The van der Waals surface area contributed by atoms with E-state index < -0.39 is 0 Å². The van der Waals surface area contributed by atoms with Crippen molar-refractivity contribution in [2.75, 3.05) is 0 Å². The molecule has 0 spiro atoms. The Hall–Kier alpha value is -10.1. The van der Waals surface area contributed by atoms with Gasteiger partial charge in [-0.1, -0.05) is 306 Å². The number of aromatic nitrogens is 9. The van der Waals surface area contributed by atoms with Gasteiger partial charge in [0.25, 0.3) is 11.5 Å². The van der Waals surface area contributed by atoms with Gasteiger partial charge in [0.1, 0.15) is 44.3 Å². The summed E-state index contributed by atoms with van der Waals surface area (Å²) in [5.74, 6) is 2.34. The van der Waals surface area contributed by atoms with E-state index in [1.54, 1.807) is 0 Å². The van der Waals surface area contributed by atoms with Crippen LogP contribution in [-0.2, 0) is 35.2 Å². The van der Waals surface area contributed by atoms with Crippen LogP contribution in [0.15, 0.2) is 243 Å². The van der Waals surface area contributed by atoms with Crippen LogP contribution in [0, 0.1) is 27.7 Å². The summed E-state index contributed by atoms with van der Waals surface area (Å²) >= 11 is 0. The van der Waals surface area contributed by atoms with Gasteiger partial charge in [-0.2, -0.15) is 13.7 Å². The largest absolute Gasteiger partial charge is 0.369 e. The zero-order valence-electron chi connectivity index (χ0n) is 72.1. The summed E-state index contributed by atoms with van der Waals surface area (Å²) in [5, 5.41) is 11.8. The Morgan fingerprint density at radius 3 is 1.06 bits per heavy atom. The maximum atomic E-state index is 2.36. The van der Waals surface area contributed by atoms with E-state index in [1.165, 1.54) is 126 Å². The molecule has 8 aromatic heterocycles. The van der Waals surface area contributed by atoms with E-state index in [2.05, 4.69) is 347 Å². The predicted molar refractivity (Wildman–Crippen MR) is 474 cm³/mol. The molecule has 568 valence electrons. The van der Waals surface area contributed by atoms with Crippen molar-refractivity contribution in [3.8, 4) is 17.5 Å². The minimum atomic E-state index is 1.16. The fraction of sp³-hybridized carbons (Fsp3) is 0.340. The van der Waals surface area contributed by atoms with Crippen LogP contribution in [0.2, 0.25) is 0 Å². The van der Waals surface area contributed by atoms with Crippen LogP contribution in [0.4, 0.5) is 0 Å². The van der Waals surface area contributed by atoms with Gasteiger partial charge >= 0.3 is 5.95 Å². The average Bonchev–Trinajstić information content (AvgIpc) is 1.47. The number of rotatable bonds is 3. The molecule has 9 heteroatoms. The molecule has 0 aliphatic rings. The van der Waals surface area contributed by atoms with Gasteiger partial charge in [0.2, 0.25) is 0 Å². The molecule has 106 heavy (non-hydrogen) atoms. The zero-order valence-corrected chi connectivity index (χ0v) is 72.1. The highest BCUT2D eigenvalue weighted by Gasteiger charge is 2.26. The Labute approximate surface area is 642 Å². The molecule has 0 saturated carbocycles. The van der Waals surface area contributed by atoms with Crippen molar-refractivity contribution < 1.29 is 18.4 Å². The van der Waals surface area contributed by atoms with Crippen LogP contribution in [-0.4, -0.2) is 22.8 Å². The van der Waals surface area contributed by atoms with Gasteiger partial charge in [-0.05, 0) is 116 Å². The van der Waals surface area contributed by atoms with Crippen molar-refractivity contribution in [2.24, 2.45) is 35.2 Å². The van der Waals surface area contributed by atoms with Gasteiger partial charge in [-0.15, -0.1) is 9.20 Å². The molecule has 0 saturated heterocycles. The van der Waals surface area contributed by atoms with E-state index in [0.717, 1.165) is 5.95 Å². The van der Waals surface area contributed by atoms with Crippen LogP contribution < -0.4 is 18.4 Å². The predicted octanol–water partition coefficient (Wildman–Crippen LogP) is 26.8. The lowest BCUT2D eigenvalue weighted by Crippen LogP contribution is -2.34. The topological polar surface area (TPSA) is 39.6 Å². The Morgan fingerprint density at radius 1 is 0.245 bits per heavy atom. The first-order valence-corrected chi connectivity index (χ1v) is 40.1. The number of benzene rings is 8. The first kappa shape index (κ1) is 93.9. The second-order valence-corrected chi connectivity index (χ2v) is 21.7. The third-order valence-corrected chi connectivity index (χ3v) is 16.5. The molecular formula is C97H139N9+4. The molecular weight excluding hydrogens is 1290 g/mol. The molecule has 0 N–H and O–H groups in total. The maximum absolute atomic E-state index is 2.36. The van der Waals surface area contributed by atoms with E-state index in [4.69, 9.17) is 0 Å². The Bertz CT molecular complexity index is 4940. The average molecular weight is 1430 g/mol. The molecule has 0 unspecified atom stereocenters. The summed E-state index contributed by atoms with van der Waals surface area (Å²) in [4.78, 5) is 0. The lowest BCUT2D eigenvalue weighted by Gasteiger charge is -2.08. The highest BCUT2D eigenvalue weighted by atomic mass is 15.3. The second-order valence-electron chi connectivity index (χ2n) is 21.7. The van der Waals surface area contributed by atoms with Gasteiger partial charge in [0, 0.05) is 49.8 Å². The van der Waals surface area contributed by atoms with Crippen molar-refractivity contribution in [3.05, 3.63) is 266 Å². The number of aryl methyl sites for hydroxylation is 9. The van der Waals surface area contributed by atoms with Gasteiger partial charge in [0.05, 0.1) is 58.4 Å². The van der Waals surface area contributed by atoms with Gasteiger partial charge in [0.15, 0.2) is 13.2 Å². The van der Waals surface area contributed by atoms with E-state index >= 15 is 0 Å². The van der Waals surface area contributed by atoms with E-state index in [9.17, 15) is 0 Å². The third kappa shape index (κ3) is 20.7. The normalized spacial score (nSPS) is 9.56. The van der Waals surface area contributed by atoms with Gasteiger partial charge in [-0.3, -0.25) is 0 Å². The minimum absolute atomic E-state index is 1.16. The molecule has 0 amide bonds.